The molecule has 0 bridgehead atoms. The summed E-state index contributed by atoms with van der Waals surface area (Å²) in [4.78, 5) is 34.9. The summed E-state index contributed by atoms with van der Waals surface area (Å²) in [7, 11) is -7.32. The van der Waals surface area contributed by atoms with Crippen molar-refractivity contribution in [3.8, 4) is 0 Å². The van der Waals surface area contributed by atoms with Gasteiger partial charge in [0.2, 0.25) is 0 Å². The van der Waals surface area contributed by atoms with E-state index in [2.05, 4.69) is 11.6 Å². The van der Waals surface area contributed by atoms with Crippen LogP contribution in [0, 0.1) is 5.41 Å². The Bertz CT molecular complexity index is 1900. The predicted octanol–water partition coefficient (Wildman–Crippen LogP) is 4.65. The Hall–Kier alpha value is -4.15. The fraction of sp³-hybridized carbons (Fsp3) is 0.364. The van der Waals surface area contributed by atoms with E-state index in [-0.39, 0.29) is 23.4 Å². The Morgan fingerprint density at radius 3 is 2.31 bits per heavy atom. The highest BCUT2D eigenvalue weighted by Crippen LogP contribution is 2.48. The predicted molar refractivity (Wildman–Crippen MR) is 183 cm³/mol. The van der Waals surface area contributed by atoms with Crippen molar-refractivity contribution in [3.05, 3.63) is 95.4 Å². The van der Waals surface area contributed by atoms with E-state index < -0.39 is 55.3 Å². The Morgan fingerprint density at radius 1 is 1.06 bits per heavy atom. The standard InChI is InChI=1S/C33H41N3O10S2/c1-8-23(31(39)35(7)46-21-30(37)38)19-25-22(2)34-28(32(25,3)4)13-10-9-11-14-29-33(5,6)26-20-24(48(43,44)45)15-16-27(26)36(29)17-12-18-47(40,41)42/h8-11,13-16,19-20H,2,12,17-18,21H2,1,3-7H3,(H,37,38)(H,40,41,42)(H,43,44,45)/b11-9+,13-10+,23-8+,25-19+,29-14+. The highest BCUT2D eigenvalue weighted by atomic mass is 32.2. The lowest BCUT2D eigenvalue weighted by molar-refractivity contribution is -0.182. The molecule has 0 saturated heterocycles. The Morgan fingerprint density at radius 2 is 1.73 bits per heavy atom. The highest BCUT2D eigenvalue weighted by Gasteiger charge is 2.40. The van der Waals surface area contributed by atoms with Crippen LogP contribution in [0.1, 0.15) is 46.6 Å². The van der Waals surface area contributed by atoms with Crippen LogP contribution in [0.3, 0.4) is 0 Å². The average Bonchev–Trinajstić information content (AvgIpc) is 3.32. The summed E-state index contributed by atoms with van der Waals surface area (Å²) >= 11 is 0. The lowest BCUT2D eigenvalue weighted by atomic mass is 9.80. The van der Waals surface area contributed by atoms with Crippen molar-refractivity contribution in [3.63, 3.8) is 0 Å². The molecule has 1 aromatic carbocycles. The third-order valence-electron chi connectivity index (χ3n) is 8.08. The molecule has 3 rings (SSSR count). The maximum atomic E-state index is 12.9. The number of likely N-dealkylation sites (N-methyl/N-ethyl adjacent to an activating group) is 1. The second kappa shape index (κ2) is 14.5. The smallest absolute Gasteiger partial charge is 0.332 e. The molecule has 2 aliphatic rings. The zero-order valence-electron chi connectivity index (χ0n) is 27.7. The topological polar surface area (TPSA) is 191 Å². The number of carbonyl (C=O) groups is 2. The third kappa shape index (κ3) is 8.85. The van der Waals surface area contributed by atoms with Gasteiger partial charge in [-0.1, -0.05) is 58.6 Å². The number of hydrogen-bond donors (Lipinski definition) is 3. The van der Waals surface area contributed by atoms with E-state index in [1.807, 2.05) is 38.7 Å². The molecule has 2 aliphatic heterocycles. The molecule has 0 atom stereocenters. The van der Waals surface area contributed by atoms with Crippen LogP contribution < -0.4 is 4.90 Å². The lowest BCUT2D eigenvalue weighted by Crippen LogP contribution is -2.30. The Balaban J connectivity index is 1.87. The molecule has 2 heterocycles. The second-order valence-corrected chi connectivity index (χ2v) is 15.2. The molecule has 0 unspecified atom stereocenters. The summed E-state index contributed by atoms with van der Waals surface area (Å²) in [6, 6.07) is 4.24. The van der Waals surface area contributed by atoms with E-state index in [9.17, 15) is 35.5 Å². The Labute approximate surface area is 281 Å². The van der Waals surface area contributed by atoms with Gasteiger partial charge in [0.15, 0.2) is 6.61 Å². The van der Waals surface area contributed by atoms with Gasteiger partial charge in [-0.25, -0.2) is 9.86 Å². The molecule has 1 amide bonds. The zero-order valence-corrected chi connectivity index (χ0v) is 29.3. The van der Waals surface area contributed by atoms with E-state index in [4.69, 9.17) is 9.94 Å². The molecule has 15 heteroatoms. The van der Waals surface area contributed by atoms with Gasteiger partial charge in [0, 0.05) is 41.4 Å². The normalized spacial score (nSPS) is 19.5. The minimum atomic E-state index is -4.46. The maximum Gasteiger partial charge on any atom is 0.332 e. The molecule has 0 radical (unpaired) electrons. The Kier molecular flexibility index (Phi) is 11.6. The summed E-state index contributed by atoms with van der Waals surface area (Å²) in [5, 5.41) is 9.70. The van der Waals surface area contributed by atoms with E-state index in [0.717, 1.165) is 10.8 Å². The van der Waals surface area contributed by atoms with Crippen LogP contribution in [0.15, 0.2) is 99.7 Å². The van der Waals surface area contributed by atoms with E-state index in [0.29, 0.717) is 28.2 Å². The van der Waals surface area contributed by atoms with Crippen molar-refractivity contribution in [1.29, 1.82) is 0 Å². The average molecular weight is 704 g/mol. The van der Waals surface area contributed by atoms with Crippen molar-refractivity contribution in [1.82, 2.24) is 5.06 Å². The van der Waals surface area contributed by atoms with Gasteiger partial charge in [0.1, 0.15) is 0 Å². The fourth-order valence-corrected chi connectivity index (χ4v) is 6.49. The van der Waals surface area contributed by atoms with E-state index >= 15 is 0 Å². The van der Waals surface area contributed by atoms with Crippen molar-refractivity contribution < 1.29 is 45.5 Å². The number of carbonyl (C=O) groups excluding carboxylic acids is 1. The fourth-order valence-electron chi connectivity index (χ4n) is 5.49. The number of fused-ring (bicyclic) bond motifs is 1. The van der Waals surface area contributed by atoms with Crippen molar-refractivity contribution in [2.24, 2.45) is 10.4 Å². The first-order chi connectivity index (χ1) is 22.1. The number of allylic oxidation sites excluding steroid dienone is 8. The molecule has 0 aromatic heterocycles. The van der Waals surface area contributed by atoms with Crippen LogP contribution >= 0.6 is 0 Å². The molecule has 13 nitrogen and oxygen atoms in total. The summed E-state index contributed by atoms with van der Waals surface area (Å²) in [6.45, 7) is 12.9. The van der Waals surface area contributed by atoms with Crippen molar-refractivity contribution in [2.45, 2.75) is 51.3 Å². The molecule has 0 saturated carbocycles. The van der Waals surface area contributed by atoms with Gasteiger partial charge < -0.3 is 10.0 Å². The molecule has 1 aromatic rings. The van der Waals surface area contributed by atoms with Gasteiger partial charge >= 0.3 is 5.97 Å². The second-order valence-electron chi connectivity index (χ2n) is 12.2. The molecule has 260 valence electrons. The molecule has 3 N–H and O–H groups in total. The number of anilines is 1. The summed E-state index contributed by atoms with van der Waals surface area (Å²) < 4.78 is 65.3. The number of carboxylic acids is 1. The van der Waals surface area contributed by atoms with Gasteiger partial charge in [-0.15, -0.1) is 0 Å². The third-order valence-corrected chi connectivity index (χ3v) is 9.74. The quantitative estimate of drug-likeness (QED) is 0.112. The summed E-state index contributed by atoms with van der Waals surface area (Å²) in [6.07, 6.45) is 12.3. The number of aliphatic carboxylic acids is 1. The van der Waals surface area contributed by atoms with Crippen LogP contribution in [-0.2, 0) is 40.1 Å². The van der Waals surface area contributed by atoms with Gasteiger partial charge in [-0.3, -0.25) is 23.7 Å². The monoisotopic (exact) mass is 703 g/mol. The SMILES string of the molecule is C=C1N=C(/C=C/C=C/C=C2/N(CCCS(=O)(=O)O)c3ccc(S(=O)(=O)O)cc3C2(C)C)C(C)(C)/C1=C/C(=C\C)C(=O)N(C)OCC(=O)O. The number of aliphatic imine (C=N–C) groups is 1. The molecular weight excluding hydrogens is 663 g/mol. The van der Waals surface area contributed by atoms with Gasteiger partial charge in [-0.05, 0) is 60.9 Å². The van der Waals surface area contributed by atoms with Crippen molar-refractivity contribution in [2.75, 3.05) is 30.9 Å². The molecule has 0 fully saturated rings. The first-order valence-corrected chi connectivity index (χ1v) is 17.9. The number of benzene rings is 1. The van der Waals surface area contributed by atoms with Crippen LogP contribution in [0.4, 0.5) is 5.69 Å². The molecule has 48 heavy (non-hydrogen) atoms. The minimum Gasteiger partial charge on any atom is -0.479 e. The van der Waals surface area contributed by atoms with Crippen molar-refractivity contribution >= 4 is 43.5 Å². The largest absolute Gasteiger partial charge is 0.479 e. The number of hydroxylamine groups is 2. The van der Waals surface area contributed by atoms with Gasteiger partial charge in [-0.2, -0.15) is 16.8 Å². The molecule has 0 spiro atoms. The highest BCUT2D eigenvalue weighted by molar-refractivity contribution is 7.86. The van der Waals surface area contributed by atoms with Crippen LogP contribution in [0.2, 0.25) is 0 Å². The first kappa shape index (κ1) is 38.3. The van der Waals surface area contributed by atoms with Gasteiger partial charge in [0.25, 0.3) is 26.1 Å². The molecule has 0 aliphatic carbocycles. The maximum absolute atomic E-state index is 12.9. The summed E-state index contributed by atoms with van der Waals surface area (Å²) in [5.74, 6) is -2.20. The number of hydrogen-bond acceptors (Lipinski definition) is 9. The molecular formula is C33H41N3O10S2. The van der Waals surface area contributed by atoms with Crippen LogP contribution in [0.5, 0.6) is 0 Å². The van der Waals surface area contributed by atoms with E-state index in [1.54, 1.807) is 49.4 Å². The number of carboxylic acid groups (broad SMARTS) is 1. The first-order valence-electron chi connectivity index (χ1n) is 14.8. The van der Waals surface area contributed by atoms with Crippen LogP contribution in [-0.4, -0.2) is 79.7 Å². The number of rotatable bonds is 13. The van der Waals surface area contributed by atoms with Crippen LogP contribution in [0.25, 0.3) is 0 Å². The zero-order chi connectivity index (χ0) is 36.2. The van der Waals surface area contributed by atoms with E-state index in [1.165, 1.54) is 19.2 Å². The number of amides is 1. The summed E-state index contributed by atoms with van der Waals surface area (Å²) in [5.41, 5.74) is 2.73. The van der Waals surface area contributed by atoms with Gasteiger partial charge in [0.05, 0.1) is 22.1 Å². The number of nitrogens with zero attached hydrogens (tertiary/aromatic N) is 3. The minimum absolute atomic E-state index is 0.107. The lowest BCUT2D eigenvalue weighted by Gasteiger charge is -2.27.